The molecule has 142 valence electrons. The minimum atomic E-state index is -0.777. The molecular formula is C21H24N2O4. The van der Waals surface area contributed by atoms with Crippen LogP contribution in [0.2, 0.25) is 0 Å². The van der Waals surface area contributed by atoms with E-state index in [-0.39, 0.29) is 18.4 Å². The van der Waals surface area contributed by atoms with Gasteiger partial charge in [-0.25, -0.2) is 4.79 Å². The Morgan fingerprint density at radius 2 is 2.04 bits per heavy atom. The summed E-state index contributed by atoms with van der Waals surface area (Å²) in [5.41, 5.74) is 0.166. The molecule has 0 saturated heterocycles. The molecule has 1 fully saturated rings. The third-order valence-corrected chi connectivity index (χ3v) is 5.04. The predicted molar refractivity (Wildman–Crippen MR) is 102 cm³/mol. The van der Waals surface area contributed by atoms with E-state index >= 15 is 0 Å². The number of amides is 1. The Balaban J connectivity index is 1.71. The molecular weight excluding hydrogens is 344 g/mol. The maximum Gasteiger partial charge on any atom is 0.336 e. The second-order valence-electron chi connectivity index (χ2n) is 7.42. The monoisotopic (exact) mass is 368 g/mol. The summed E-state index contributed by atoms with van der Waals surface area (Å²) < 4.78 is 10.8. The van der Waals surface area contributed by atoms with Crippen LogP contribution < -0.4 is 15.7 Å². The molecule has 1 N–H and O–H groups in total. The lowest BCUT2D eigenvalue weighted by Crippen LogP contribution is -2.50. The van der Waals surface area contributed by atoms with Gasteiger partial charge in [0.15, 0.2) is 6.61 Å². The van der Waals surface area contributed by atoms with E-state index in [1.165, 1.54) is 6.07 Å². The second-order valence-corrected chi connectivity index (χ2v) is 7.42. The zero-order valence-electron chi connectivity index (χ0n) is 15.7. The third kappa shape index (κ3) is 4.30. The van der Waals surface area contributed by atoms with Gasteiger partial charge in [0.1, 0.15) is 16.9 Å². The molecule has 3 rings (SSSR count). The highest BCUT2D eigenvalue weighted by atomic mass is 16.5. The van der Waals surface area contributed by atoms with Gasteiger partial charge >= 0.3 is 5.63 Å². The molecule has 0 unspecified atom stereocenters. The van der Waals surface area contributed by atoms with E-state index in [1.54, 1.807) is 12.1 Å². The van der Waals surface area contributed by atoms with Gasteiger partial charge in [-0.1, -0.05) is 33.1 Å². The van der Waals surface area contributed by atoms with Crippen LogP contribution in [0.5, 0.6) is 5.75 Å². The standard InChI is InChI=1S/C21H24N2O4/c1-14(2)17-11-20(25)27-18-10-15(6-7-16(17)18)26-12-19(24)23-21(13-22)8-4-3-5-9-21/h6-7,10-11,14H,3-5,8-9,12H2,1-2H3,(H,23,24). The topological polar surface area (TPSA) is 92.3 Å². The van der Waals surface area contributed by atoms with Crippen molar-refractivity contribution in [1.29, 1.82) is 5.26 Å². The molecule has 0 radical (unpaired) electrons. The molecule has 6 nitrogen and oxygen atoms in total. The molecule has 0 bridgehead atoms. The molecule has 6 heteroatoms. The summed E-state index contributed by atoms with van der Waals surface area (Å²) in [6, 6.07) is 8.97. The van der Waals surface area contributed by atoms with Gasteiger partial charge in [-0.15, -0.1) is 0 Å². The van der Waals surface area contributed by atoms with Crippen molar-refractivity contribution in [3.8, 4) is 11.8 Å². The normalized spacial score (nSPS) is 16.1. The zero-order valence-corrected chi connectivity index (χ0v) is 15.7. The summed E-state index contributed by atoms with van der Waals surface area (Å²) in [4.78, 5) is 24.0. The maximum atomic E-state index is 12.2. The van der Waals surface area contributed by atoms with E-state index in [1.807, 2.05) is 19.9 Å². The van der Waals surface area contributed by atoms with Gasteiger partial charge in [0.2, 0.25) is 0 Å². The summed E-state index contributed by atoms with van der Waals surface area (Å²) in [6.07, 6.45) is 4.33. The van der Waals surface area contributed by atoms with Crippen molar-refractivity contribution < 1.29 is 13.9 Å². The maximum absolute atomic E-state index is 12.2. The van der Waals surface area contributed by atoms with Gasteiger partial charge in [-0.2, -0.15) is 5.26 Å². The summed E-state index contributed by atoms with van der Waals surface area (Å²) in [5, 5.41) is 13.1. The Kier molecular flexibility index (Phi) is 5.50. The van der Waals surface area contributed by atoms with Crippen molar-refractivity contribution in [2.75, 3.05) is 6.61 Å². The molecule has 0 aliphatic heterocycles. The van der Waals surface area contributed by atoms with E-state index < -0.39 is 11.2 Å². The lowest BCUT2D eigenvalue weighted by Gasteiger charge is -2.31. The Hall–Kier alpha value is -2.81. The molecule has 2 aromatic rings. The van der Waals surface area contributed by atoms with Crippen LogP contribution >= 0.6 is 0 Å². The fourth-order valence-electron chi connectivity index (χ4n) is 3.61. The molecule has 1 heterocycles. The lowest BCUT2D eigenvalue weighted by atomic mass is 9.83. The molecule has 1 aromatic heterocycles. The molecule has 1 aliphatic carbocycles. The molecule has 0 atom stereocenters. The Bertz CT molecular complexity index is 933. The van der Waals surface area contributed by atoms with Gasteiger partial charge in [-0.05, 0) is 36.5 Å². The van der Waals surface area contributed by atoms with E-state index in [0.717, 1.165) is 30.2 Å². The Morgan fingerprint density at radius 1 is 1.30 bits per heavy atom. The number of hydrogen-bond acceptors (Lipinski definition) is 5. The molecule has 0 spiro atoms. The molecule has 1 amide bonds. The smallest absolute Gasteiger partial charge is 0.336 e. The number of rotatable bonds is 5. The van der Waals surface area contributed by atoms with E-state index in [0.29, 0.717) is 24.2 Å². The van der Waals surface area contributed by atoms with Gasteiger partial charge in [0.25, 0.3) is 5.91 Å². The fourth-order valence-corrected chi connectivity index (χ4v) is 3.61. The molecule has 1 aromatic carbocycles. The number of carbonyl (C=O) groups is 1. The summed E-state index contributed by atoms with van der Waals surface area (Å²) >= 11 is 0. The molecule has 27 heavy (non-hydrogen) atoms. The van der Waals surface area contributed by atoms with Crippen LogP contribution in [0.25, 0.3) is 11.0 Å². The van der Waals surface area contributed by atoms with Crippen LogP contribution in [0.1, 0.15) is 57.4 Å². The first-order valence-electron chi connectivity index (χ1n) is 9.35. The first kappa shape index (κ1) is 19.0. The van der Waals surface area contributed by atoms with Crippen LogP contribution in [0.4, 0.5) is 0 Å². The number of fused-ring (bicyclic) bond motifs is 1. The second kappa shape index (κ2) is 7.83. The molecule has 1 aliphatic rings. The van der Waals surface area contributed by atoms with E-state index in [2.05, 4.69) is 11.4 Å². The number of hydrogen-bond donors (Lipinski definition) is 1. The van der Waals surface area contributed by atoms with Gasteiger partial charge in [0, 0.05) is 17.5 Å². The van der Waals surface area contributed by atoms with Gasteiger partial charge in [0.05, 0.1) is 6.07 Å². The Morgan fingerprint density at radius 3 is 2.70 bits per heavy atom. The Labute approximate surface area is 158 Å². The zero-order chi connectivity index (χ0) is 19.4. The number of carbonyl (C=O) groups excluding carboxylic acids is 1. The van der Waals surface area contributed by atoms with Crippen molar-refractivity contribution in [2.24, 2.45) is 0 Å². The van der Waals surface area contributed by atoms with Crippen molar-refractivity contribution in [2.45, 2.75) is 57.4 Å². The first-order chi connectivity index (χ1) is 12.9. The van der Waals surface area contributed by atoms with Crippen LogP contribution in [0.3, 0.4) is 0 Å². The molecule has 1 saturated carbocycles. The third-order valence-electron chi connectivity index (χ3n) is 5.04. The first-order valence-corrected chi connectivity index (χ1v) is 9.35. The van der Waals surface area contributed by atoms with Gasteiger partial charge in [-0.3, -0.25) is 4.79 Å². The average Bonchev–Trinajstić information content (AvgIpc) is 2.66. The lowest BCUT2D eigenvalue weighted by molar-refractivity contribution is -0.124. The van der Waals surface area contributed by atoms with Crippen molar-refractivity contribution >= 4 is 16.9 Å². The highest BCUT2D eigenvalue weighted by Gasteiger charge is 2.33. The highest BCUT2D eigenvalue weighted by Crippen LogP contribution is 2.28. The van der Waals surface area contributed by atoms with E-state index in [4.69, 9.17) is 9.15 Å². The minimum absolute atomic E-state index is 0.187. The summed E-state index contributed by atoms with van der Waals surface area (Å²) in [5.74, 6) is 0.305. The van der Waals surface area contributed by atoms with Crippen molar-refractivity contribution in [1.82, 2.24) is 5.32 Å². The van der Waals surface area contributed by atoms with Crippen molar-refractivity contribution in [3.05, 3.63) is 40.2 Å². The number of ether oxygens (including phenoxy) is 1. The quantitative estimate of drug-likeness (QED) is 0.814. The number of nitriles is 1. The van der Waals surface area contributed by atoms with Crippen molar-refractivity contribution in [3.63, 3.8) is 0 Å². The largest absolute Gasteiger partial charge is 0.484 e. The number of nitrogens with zero attached hydrogens (tertiary/aromatic N) is 1. The van der Waals surface area contributed by atoms with Crippen LogP contribution in [-0.2, 0) is 4.79 Å². The highest BCUT2D eigenvalue weighted by molar-refractivity contribution is 5.82. The van der Waals surface area contributed by atoms with Crippen LogP contribution in [-0.4, -0.2) is 18.1 Å². The average molecular weight is 368 g/mol. The minimum Gasteiger partial charge on any atom is -0.484 e. The van der Waals surface area contributed by atoms with Crippen LogP contribution in [0.15, 0.2) is 33.5 Å². The summed E-state index contributed by atoms with van der Waals surface area (Å²) in [6.45, 7) is 3.83. The van der Waals surface area contributed by atoms with Crippen LogP contribution in [0, 0.1) is 11.3 Å². The number of benzene rings is 1. The van der Waals surface area contributed by atoms with Gasteiger partial charge < -0.3 is 14.5 Å². The number of nitrogens with one attached hydrogen (secondary N) is 1. The predicted octanol–water partition coefficient (Wildman–Crippen LogP) is 3.64. The van der Waals surface area contributed by atoms with E-state index in [9.17, 15) is 14.9 Å². The fraction of sp³-hybridized carbons (Fsp3) is 0.476. The summed E-state index contributed by atoms with van der Waals surface area (Å²) in [7, 11) is 0. The SMILES string of the molecule is CC(C)c1cc(=O)oc2cc(OCC(=O)NC3(C#N)CCCCC3)ccc12.